The average molecular weight is 325 g/mol. The summed E-state index contributed by atoms with van der Waals surface area (Å²) in [6.07, 6.45) is 21.0. The molecule has 0 aromatic heterocycles. The van der Waals surface area contributed by atoms with Gasteiger partial charge in [0.15, 0.2) is 0 Å². The van der Waals surface area contributed by atoms with Crippen molar-refractivity contribution in [2.75, 3.05) is 0 Å². The van der Waals surface area contributed by atoms with Gasteiger partial charge in [-0.05, 0) is 12.8 Å². The van der Waals surface area contributed by atoms with Crippen LogP contribution in [0.4, 0.5) is 0 Å². The third kappa shape index (κ3) is 18.8. The summed E-state index contributed by atoms with van der Waals surface area (Å²) < 4.78 is 4.68. The standard InChI is InChI=1S/C20H36O3/c1-2-23-20(22)18-16-14-12-10-8-6-4-3-5-7-9-11-13-15-17-19-21/h2,19H,1,3-18H2. The average Bonchev–Trinajstić information content (AvgIpc) is 2.54. The van der Waals surface area contributed by atoms with E-state index in [4.69, 9.17) is 0 Å². The molecule has 0 spiro atoms. The maximum atomic E-state index is 11.1. The van der Waals surface area contributed by atoms with Crippen molar-refractivity contribution in [2.24, 2.45) is 0 Å². The molecule has 0 fully saturated rings. The minimum atomic E-state index is -0.163. The molecule has 0 atom stereocenters. The topological polar surface area (TPSA) is 43.4 Å². The van der Waals surface area contributed by atoms with Crippen LogP contribution < -0.4 is 0 Å². The van der Waals surface area contributed by atoms with E-state index in [2.05, 4.69) is 11.3 Å². The number of carbonyl (C=O) groups excluding carboxylic acids is 2. The molecule has 3 heteroatoms. The van der Waals surface area contributed by atoms with E-state index in [0.717, 1.165) is 32.0 Å². The molecule has 0 aliphatic carbocycles. The van der Waals surface area contributed by atoms with Crippen LogP contribution in [0.1, 0.15) is 103 Å². The zero-order valence-corrected chi connectivity index (χ0v) is 14.9. The number of esters is 1. The molecule has 0 saturated heterocycles. The fourth-order valence-electron chi connectivity index (χ4n) is 2.77. The molecule has 0 aliphatic rings. The minimum Gasteiger partial charge on any atom is -0.435 e. The Morgan fingerprint density at radius 2 is 1.09 bits per heavy atom. The summed E-state index contributed by atoms with van der Waals surface area (Å²) in [4.78, 5) is 21.3. The normalized spacial score (nSPS) is 10.4. The lowest BCUT2D eigenvalue weighted by molar-refractivity contribution is -0.138. The number of aldehydes is 1. The molecular formula is C20H36O3. The van der Waals surface area contributed by atoms with Crippen molar-refractivity contribution in [1.82, 2.24) is 0 Å². The summed E-state index contributed by atoms with van der Waals surface area (Å²) in [6.45, 7) is 3.37. The van der Waals surface area contributed by atoms with Crippen LogP contribution in [-0.4, -0.2) is 12.3 Å². The van der Waals surface area contributed by atoms with E-state index in [9.17, 15) is 9.59 Å². The lowest BCUT2D eigenvalue weighted by Crippen LogP contribution is -1.98. The highest BCUT2D eigenvalue weighted by molar-refractivity contribution is 5.69. The smallest absolute Gasteiger partial charge is 0.310 e. The predicted molar refractivity (Wildman–Crippen MR) is 96.2 cm³/mol. The van der Waals surface area contributed by atoms with Gasteiger partial charge in [-0.2, -0.15) is 0 Å². The summed E-state index contributed by atoms with van der Waals surface area (Å²) in [6, 6.07) is 0. The molecule has 0 rings (SSSR count). The molecule has 3 nitrogen and oxygen atoms in total. The zero-order chi connectivity index (χ0) is 17.0. The van der Waals surface area contributed by atoms with Crippen molar-refractivity contribution in [3.8, 4) is 0 Å². The molecule has 0 N–H and O–H groups in total. The molecule has 0 aromatic carbocycles. The van der Waals surface area contributed by atoms with E-state index in [1.54, 1.807) is 0 Å². The van der Waals surface area contributed by atoms with E-state index in [1.807, 2.05) is 0 Å². The molecule has 23 heavy (non-hydrogen) atoms. The molecule has 0 aliphatic heterocycles. The first kappa shape index (κ1) is 21.9. The van der Waals surface area contributed by atoms with Gasteiger partial charge in [0.1, 0.15) is 6.29 Å². The number of rotatable bonds is 18. The quantitative estimate of drug-likeness (QED) is 0.132. The van der Waals surface area contributed by atoms with Gasteiger partial charge >= 0.3 is 5.97 Å². The van der Waals surface area contributed by atoms with Crippen molar-refractivity contribution >= 4 is 12.3 Å². The predicted octanol–water partition coefficient (Wildman–Crippen LogP) is 6.11. The summed E-state index contributed by atoms with van der Waals surface area (Å²) >= 11 is 0. The molecule has 0 unspecified atom stereocenters. The Morgan fingerprint density at radius 3 is 1.48 bits per heavy atom. The van der Waals surface area contributed by atoms with E-state index < -0.39 is 0 Å². The first-order valence-corrected chi connectivity index (χ1v) is 9.55. The molecule has 0 bridgehead atoms. The van der Waals surface area contributed by atoms with Crippen LogP contribution in [-0.2, 0) is 14.3 Å². The summed E-state index contributed by atoms with van der Waals surface area (Å²) in [5, 5.41) is 0. The summed E-state index contributed by atoms with van der Waals surface area (Å²) in [7, 11) is 0. The highest BCUT2D eigenvalue weighted by atomic mass is 16.5. The van der Waals surface area contributed by atoms with Crippen LogP contribution in [0.2, 0.25) is 0 Å². The SMILES string of the molecule is C=COC(=O)CCCCCCCCCCCCCCCCC=O. The van der Waals surface area contributed by atoms with Crippen molar-refractivity contribution in [3.63, 3.8) is 0 Å². The Bertz CT molecular complexity index is 287. The monoisotopic (exact) mass is 324 g/mol. The first-order valence-electron chi connectivity index (χ1n) is 9.55. The van der Waals surface area contributed by atoms with Gasteiger partial charge < -0.3 is 9.53 Å². The van der Waals surface area contributed by atoms with Crippen molar-refractivity contribution in [2.45, 2.75) is 103 Å². The highest BCUT2D eigenvalue weighted by Crippen LogP contribution is 2.13. The van der Waals surface area contributed by atoms with Gasteiger partial charge in [-0.1, -0.05) is 83.6 Å². The molecular weight excluding hydrogens is 288 g/mol. The van der Waals surface area contributed by atoms with Gasteiger partial charge in [-0.15, -0.1) is 0 Å². The van der Waals surface area contributed by atoms with Crippen molar-refractivity contribution < 1.29 is 14.3 Å². The lowest BCUT2D eigenvalue weighted by Gasteiger charge is -2.03. The van der Waals surface area contributed by atoms with Gasteiger partial charge in [0.05, 0.1) is 6.26 Å². The Balaban J connectivity index is 3.04. The van der Waals surface area contributed by atoms with Crippen LogP contribution in [0.15, 0.2) is 12.8 Å². The van der Waals surface area contributed by atoms with Crippen LogP contribution in [0.25, 0.3) is 0 Å². The Labute approximate surface area is 142 Å². The van der Waals surface area contributed by atoms with Gasteiger partial charge in [-0.3, -0.25) is 4.79 Å². The fourth-order valence-corrected chi connectivity index (χ4v) is 2.77. The van der Waals surface area contributed by atoms with Gasteiger partial charge in [0, 0.05) is 12.8 Å². The molecule has 0 saturated carbocycles. The lowest BCUT2D eigenvalue weighted by atomic mass is 10.0. The van der Waals surface area contributed by atoms with Crippen LogP contribution >= 0.6 is 0 Å². The molecule has 134 valence electrons. The first-order chi connectivity index (χ1) is 11.3. The van der Waals surface area contributed by atoms with Gasteiger partial charge in [-0.25, -0.2) is 0 Å². The van der Waals surface area contributed by atoms with Gasteiger partial charge in [0.25, 0.3) is 0 Å². The second kappa shape index (κ2) is 18.9. The highest BCUT2D eigenvalue weighted by Gasteiger charge is 2.00. The third-order valence-corrected chi connectivity index (χ3v) is 4.17. The second-order valence-corrected chi connectivity index (χ2v) is 6.31. The van der Waals surface area contributed by atoms with Crippen LogP contribution in [0.3, 0.4) is 0 Å². The second-order valence-electron chi connectivity index (χ2n) is 6.31. The molecule has 0 amide bonds. The zero-order valence-electron chi connectivity index (χ0n) is 14.9. The van der Waals surface area contributed by atoms with Crippen LogP contribution in [0, 0.1) is 0 Å². The number of hydrogen-bond acceptors (Lipinski definition) is 3. The van der Waals surface area contributed by atoms with E-state index >= 15 is 0 Å². The Kier molecular flexibility index (Phi) is 18.0. The molecule has 0 radical (unpaired) electrons. The maximum Gasteiger partial charge on any atom is 0.310 e. The fraction of sp³-hybridized carbons (Fsp3) is 0.800. The maximum absolute atomic E-state index is 11.1. The van der Waals surface area contributed by atoms with E-state index in [1.165, 1.54) is 76.9 Å². The largest absolute Gasteiger partial charge is 0.435 e. The third-order valence-electron chi connectivity index (χ3n) is 4.17. The van der Waals surface area contributed by atoms with Crippen molar-refractivity contribution in [1.29, 1.82) is 0 Å². The minimum absolute atomic E-state index is 0.163. The number of carbonyl (C=O) groups is 2. The van der Waals surface area contributed by atoms with Crippen LogP contribution in [0.5, 0.6) is 0 Å². The summed E-state index contributed by atoms with van der Waals surface area (Å²) in [5.74, 6) is -0.163. The summed E-state index contributed by atoms with van der Waals surface area (Å²) in [5.41, 5.74) is 0. The van der Waals surface area contributed by atoms with E-state index in [-0.39, 0.29) is 5.97 Å². The van der Waals surface area contributed by atoms with E-state index in [0.29, 0.717) is 6.42 Å². The number of unbranched alkanes of at least 4 members (excludes halogenated alkanes) is 14. The molecule has 0 aromatic rings. The Hall–Kier alpha value is -1.12. The Morgan fingerprint density at radius 1 is 0.696 bits per heavy atom. The number of ether oxygens (including phenoxy) is 1. The van der Waals surface area contributed by atoms with Crippen molar-refractivity contribution in [3.05, 3.63) is 12.8 Å². The molecule has 0 heterocycles. The van der Waals surface area contributed by atoms with Gasteiger partial charge in [0.2, 0.25) is 0 Å². The number of hydrogen-bond donors (Lipinski definition) is 0.